The summed E-state index contributed by atoms with van der Waals surface area (Å²) in [6.45, 7) is 1.85. The molecule has 19 heavy (non-hydrogen) atoms. The Hall–Kier alpha value is -1.66. The van der Waals surface area contributed by atoms with Crippen LogP contribution in [-0.2, 0) is 9.84 Å². The molecule has 1 aromatic heterocycles. The third-order valence-electron chi connectivity index (χ3n) is 2.49. The molecule has 0 aliphatic rings. The fourth-order valence-electron chi connectivity index (χ4n) is 1.47. The van der Waals surface area contributed by atoms with Crippen LogP contribution >= 0.6 is 11.6 Å². The summed E-state index contributed by atoms with van der Waals surface area (Å²) in [5.41, 5.74) is 1.57. The van der Waals surface area contributed by atoms with Gasteiger partial charge in [-0.15, -0.1) is 0 Å². The Kier molecular flexibility index (Phi) is 3.73. The van der Waals surface area contributed by atoms with E-state index in [1.54, 1.807) is 18.3 Å². The number of hydrogen-bond donors (Lipinski definition) is 1. The Morgan fingerprint density at radius 3 is 2.42 bits per heavy atom. The first kappa shape index (κ1) is 13.8. The molecule has 0 fully saturated rings. The third kappa shape index (κ3) is 3.42. The van der Waals surface area contributed by atoms with E-state index in [0.717, 1.165) is 11.3 Å². The third-order valence-corrected chi connectivity index (χ3v) is 3.80. The number of aromatic nitrogens is 2. The molecule has 0 atom stereocenters. The average Bonchev–Trinajstić information content (AvgIpc) is 2.33. The Labute approximate surface area is 116 Å². The number of sulfone groups is 1. The van der Waals surface area contributed by atoms with Gasteiger partial charge in [0.2, 0.25) is 5.28 Å². The van der Waals surface area contributed by atoms with Gasteiger partial charge in [0.25, 0.3) is 0 Å². The quantitative estimate of drug-likeness (QED) is 0.882. The second kappa shape index (κ2) is 5.14. The van der Waals surface area contributed by atoms with Crippen LogP contribution in [0, 0.1) is 6.92 Å². The molecular weight excluding hydrogens is 286 g/mol. The van der Waals surface area contributed by atoms with E-state index in [2.05, 4.69) is 15.3 Å². The van der Waals surface area contributed by atoms with E-state index in [1.165, 1.54) is 18.4 Å². The molecule has 0 saturated heterocycles. The van der Waals surface area contributed by atoms with Gasteiger partial charge in [0.1, 0.15) is 5.82 Å². The van der Waals surface area contributed by atoms with Crippen LogP contribution in [0.5, 0.6) is 0 Å². The number of benzene rings is 1. The molecule has 2 rings (SSSR count). The van der Waals surface area contributed by atoms with Crippen LogP contribution < -0.4 is 5.32 Å². The predicted octanol–water partition coefficient (Wildman–Crippen LogP) is 2.59. The van der Waals surface area contributed by atoms with Crippen molar-refractivity contribution in [2.24, 2.45) is 0 Å². The highest BCUT2D eigenvalue weighted by Gasteiger charge is 2.07. The highest BCUT2D eigenvalue weighted by molar-refractivity contribution is 7.90. The van der Waals surface area contributed by atoms with Crippen LogP contribution in [0.25, 0.3) is 0 Å². The monoisotopic (exact) mass is 297 g/mol. The summed E-state index contributed by atoms with van der Waals surface area (Å²) in [4.78, 5) is 8.20. The fraction of sp³-hybridized carbons (Fsp3) is 0.167. The van der Waals surface area contributed by atoms with Gasteiger partial charge in [-0.2, -0.15) is 0 Å². The summed E-state index contributed by atoms with van der Waals surface area (Å²) in [7, 11) is -3.18. The van der Waals surface area contributed by atoms with Crippen molar-refractivity contribution in [3.05, 3.63) is 41.3 Å². The molecule has 0 radical (unpaired) electrons. The molecular formula is C12H12ClN3O2S. The lowest BCUT2D eigenvalue weighted by Gasteiger charge is -2.08. The first-order valence-corrected chi connectivity index (χ1v) is 7.69. The first-order chi connectivity index (χ1) is 8.86. The minimum absolute atomic E-state index is 0.154. The summed E-state index contributed by atoms with van der Waals surface area (Å²) >= 11 is 5.73. The van der Waals surface area contributed by atoms with Crippen molar-refractivity contribution in [3.63, 3.8) is 0 Å². The van der Waals surface area contributed by atoms with E-state index in [4.69, 9.17) is 11.6 Å². The van der Waals surface area contributed by atoms with Crippen molar-refractivity contribution in [1.29, 1.82) is 0 Å². The van der Waals surface area contributed by atoms with E-state index in [9.17, 15) is 8.42 Å². The first-order valence-electron chi connectivity index (χ1n) is 5.42. The Balaban J connectivity index is 2.27. The molecule has 0 amide bonds. The smallest absolute Gasteiger partial charge is 0.224 e. The minimum Gasteiger partial charge on any atom is -0.340 e. The molecule has 1 aromatic carbocycles. The molecule has 2 aromatic rings. The Bertz CT molecular complexity index is 699. The van der Waals surface area contributed by atoms with Crippen molar-refractivity contribution >= 4 is 32.9 Å². The highest BCUT2D eigenvalue weighted by atomic mass is 35.5. The van der Waals surface area contributed by atoms with Gasteiger partial charge in [-0.25, -0.2) is 18.4 Å². The molecule has 0 aliphatic heterocycles. The van der Waals surface area contributed by atoms with Gasteiger partial charge in [0.05, 0.1) is 4.90 Å². The average molecular weight is 298 g/mol. The Morgan fingerprint density at radius 1 is 1.21 bits per heavy atom. The lowest BCUT2D eigenvalue weighted by Crippen LogP contribution is -2.00. The van der Waals surface area contributed by atoms with Crippen molar-refractivity contribution in [3.8, 4) is 0 Å². The van der Waals surface area contributed by atoms with Crippen molar-refractivity contribution in [1.82, 2.24) is 9.97 Å². The van der Waals surface area contributed by atoms with Gasteiger partial charge in [-0.3, -0.25) is 0 Å². The number of nitrogens with zero attached hydrogens (tertiary/aromatic N) is 2. The van der Waals surface area contributed by atoms with Gasteiger partial charge < -0.3 is 5.32 Å². The maximum atomic E-state index is 11.3. The topological polar surface area (TPSA) is 72.0 Å². The maximum Gasteiger partial charge on any atom is 0.224 e. The summed E-state index contributed by atoms with van der Waals surface area (Å²) < 4.78 is 22.7. The second-order valence-electron chi connectivity index (χ2n) is 4.09. The van der Waals surface area contributed by atoms with Gasteiger partial charge in [-0.05, 0) is 42.8 Å². The summed E-state index contributed by atoms with van der Waals surface area (Å²) in [5.74, 6) is 0.590. The molecule has 0 spiro atoms. The lowest BCUT2D eigenvalue weighted by molar-refractivity contribution is 0.602. The minimum atomic E-state index is -3.18. The zero-order valence-electron chi connectivity index (χ0n) is 10.4. The van der Waals surface area contributed by atoms with Crippen LogP contribution in [0.4, 0.5) is 11.5 Å². The molecule has 7 heteroatoms. The predicted molar refractivity (Wildman–Crippen MR) is 74.6 cm³/mol. The molecule has 1 N–H and O–H groups in total. The number of halogens is 1. The highest BCUT2D eigenvalue weighted by Crippen LogP contribution is 2.20. The summed E-state index contributed by atoms with van der Waals surface area (Å²) in [6, 6.07) is 6.42. The molecule has 0 aliphatic carbocycles. The van der Waals surface area contributed by atoms with Crippen molar-refractivity contribution in [2.75, 3.05) is 11.6 Å². The SMILES string of the molecule is Cc1cnc(Cl)nc1Nc1ccc(S(C)(=O)=O)cc1. The van der Waals surface area contributed by atoms with E-state index in [1.807, 2.05) is 6.92 Å². The lowest BCUT2D eigenvalue weighted by atomic mass is 10.3. The molecule has 1 heterocycles. The van der Waals surface area contributed by atoms with Crippen LogP contribution in [0.15, 0.2) is 35.4 Å². The zero-order valence-corrected chi connectivity index (χ0v) is 12.0. The van der Waals surface area contributed by atoms with E-state index >= 15 is 0 Å². The Morgan fingerprint density at radius 2 is 1.84 bits per heavy atom. The molecule has 5 nitrogen and oxygen atoms in total. The van der Waals surface area contributed by atoms with Crippen LogP contribution in [-0.4, -0.2) is 24.6 Å². The number of hydrogen-bond acceptors (Lipinski definition) is 5. The summed E-state index contributed by atoms with van der Waals surface area (Å²) in [6.07, 6.45) is 2.78. The number of aryl methyl sites for hydroxylation is 1. The van der Waals surface area contributed by atoms with Crippen molar-refractivity contribution < 1.29 is 8.42 Å². The zero-order chi connectivity index (χ0) is 14.0. The van der Waals surface area contributed by atoms with Crippen LogP contribution in [0.2, 0.25) is 5.28 Å². The number of anilines is 2. The molecule has 100 valence electrons. The van der Waals surface area contributed by atoms with Gasteiger partial charge in [0, 0.05) is 23.7 Å². The van der Waals surface area contributed by atoms with Crippen LogP contribution in [0.1, 0.15) is 5.56 Å². The van der Waals surface area contributed by atoms with E-state index < -0.39 is 9.84 Å². The fourth-order valence-corrected chi connectivity index (χ4v) is 2.23. The second-order valence-corrected chi connectivity index (χ2v) is 6.45. The number of nitrogens with one attached hydrogen (secondary N) is 1. The van der Waals surface area contributed by atoms with E-state index in [0.29, 0.717) is 5.82 Å². The normalized spacial score (nSPS) is 11.3. The van der Waals surface area contributed by atoms with Crippen molar-refractivity contribution in [2.45, 2.75) is 11.8 Å². The van der Waals surface area contributed by atoms with Gasteiger partial charge >= 0.3 is 0 Å². The number of rotatable bonds is 3. The van der Waals surface area contributed by atoms with E-state index in [-0.39, 0.29) is 10.2 Å². The van der Waals surface area contributed by atoms with Gasteiger partial charge in [-0.1, -0.05) is 0 Å². The largest absolute Gasteiger partial charge is 0.340 e. The molecule has 0 saturated carbocycles. The summed E-state index contributed by atoms with van der Waals surface area (Å²) in [5, 5.41) is 3.21. The molecule has 0 bridgehead atoms. The van der Waals surface area contributed by atoms with Crippen LogP contribution in [0.3, 0.4) is 0 Å². The molecule has 0 unspecified atom stereocenters. The maximum absolute atomic E-state index is 11.3. The standard InChI is InChI=1S/C12H12ClN3O2S/c1-8-7-14-12(13)16-11(8)15-9-3-5-10(6-4-9)19(2,17)18/h3-7H,1-2H3,(H,14,15,16). The van der Waals surface area contributed by atoms with Gasteiger partial charge in [0.15, 0.2) is 9.84 Å².